The molecule has 1 rings (SSSR count). The minimum atomic E-state index is -4.20. The van der Waals surface area contributed by atoms with E-state index in [0.717, 1.165) is 16.2 Å². The lowest BCUT2D eigenvalue weighted by Crippen LogP contribution is -1.97. The Bertz CT molecular complexity index is 256. The van der Waals surface area contributed by atoms with Crippen molar-refractivity contribution in [2.45, 2.75) is 15.6 Å². The van der Waals surface area contributed by atoms with Gasteiger partial charge in [-0.25, -0.2) is 0 Å². The first-order valence-electron chi connectivity index (χ1n) is 2.91. The summed E-state index contributed by atoms with van der Waals surface area (Å²) >= 11 is 6.40. The average Bonchev–Trinajstić information content (AvgIpc) is 2.32. The maximum Gasteiger partial charge on any atom is 0.447 e. The second kappa shape index (κ2) is 3.89. The van der Waals surface area contributed by atoms with Gasteiger partial charge in [0.2, 0.25) is 0 Å². The Balaban J connectivity index is 2.64. The zero-order chi connectivity index (χ0) is 9.19. The zero-order valence-electron chi connectivity index (χ0n) is 5.69. The summed E-state index contributed by atoms with van der Waals surface area (Å²) in [5.41, 5.74) is -4.20. The maximum absolute atomic E-state index is 11.8. The summed E-state index contributed by atoms with van der Waals surface area (Å²) in [5.74, 6) is 0.267. The largest absolute Gasteiger partial charge is 0.447 e. The van der Waals surface area contributed by atoms with Gasteiger partial charge in [-0.1, -0.05) is 0 Å². The molecule has 0 saturated carbocycles. The van der Waals surface area contributed by atoms with Gasteiger partial charge in [-0.3, -0.25) is 0 Å². The second-order valence-electron chi connectivity index (χ2n) is 1.90. The van der Waals surface area contributed by atoms with Crippen LogP contribution in [0.4, 0.5) is 13.2 Å². The van der Waals surface area contributed by atoms with Crippen LogP contribution >= 0.6 is 34.7 Å². The van der Waals surface area contributed by atoms with Crippen molar-refractivity contribution in [1.29, 1.82) is 0 Å². The topological polar surface area (TPSA) is 0 Å². The van der Waals surface area contributed by atoms with Crippen molar-refractivity contribution in [3.8, 4) is 0 Å². The van der Waals surface area contributed by atoms with Crippen LogP contribution in [-0.2, 0) is 5.88 Å². The summed E-state index contributed by atoms with van der Waals surface area (Å²) in [5, 5.41) is 0. The molecular formula is C6H4ClF3S2. The Morgan fingerprint density at radius 2 is 2.08 bits per heavy atom. The fourth-order valence-corrected chi connectivity index (χ4v) is 2.57. The molecule has 0 spiro atoms. The molecule has 0 atom stereocenters. The van der Waals surface area contributed by atoms with Gasteiger partial charge in [0.15, 0.2) is 0 Å². The van der Waals surface area contributed by atoms with E-state index in [4.69, 9.17) is 11.6 Å². The van der Waals surface area contributed by atoms with Crippen molar-refractivity contribution in [2.24, 2.45) is 0 Å². The van der Waals surface area contributed by atoms with Crippen LogP contribution in [0.2, 0.25) is 0 Å². The van der Waals surface area contributed by atoms with E-state index < -0.39 is 5.51 Å². The fourth-order valence-electron chi connectivity index (χ4n) is 0.599. The van der Waals surface area contributed by atoms with Gasteiger partial charge in [0.05, 0.1) is 10.1 Å². The van der Waals surface area contributed by atoms with Crippen LogP contribution < -0.4 is 0 Å². The summed E-state index contributed by atoms with van der Waals surface area (Å²) in [6.45, 7) is 0. The molecule has 0 aliphatic heterocycles. The Kier molecular flexibility index (Phi) is 3.31. The summed E-state index contributed by atoms with van der Waals surface area (Å²) < 4.78 is 35.6. The Hall–Kier alpha value is 0.130. The lowest BCUT2D eigenvalue weighted by molar-refractivity contribution is -0.0326. The molecule has 0 unspecified atom stereocenters. The number of rotatable bonds is 2. The first-order chi connectivity index (χ1) is 5.51. The van der Waals surface area contributed by atoms with E-state index in [9.17, 15) is 13.2 Å². The standard InChI is InChI=1S/C6H4ClF3S2/c7-3-4-1-2-5(11-4)12-6(8,9)10/h1-2H,3H2. The van der Waals surface area contributed by atoms with Crippen molar-refractivity contribution < 1.29 is 13.2 Å². The summed E-state index contributed by atoms with van der Waals surface area (Å²) in [6, 6.07) is 3.03. The number of halogens is 4. The van der Waals surface area contributed by atoms with Gasteiger partial charge >= 0.3 is 5.51 Å². The van der Waals surface area contributed by atoms with Crippen molar-refractivity contribution >= 4 is 34.7 Å². The predicted octanol–water partition coefficient (Wildman–Crippen LogP) is 4.10. The van der Waals surface area contributed by atoms with Gasteiger partial charge in [-0.15, -0.1) is 22.9 Å². The highest BCUT2D eigenvalue weighted by Crippen LogP contribution is 2.40. The van der Waals surface area contributed by atoms with Gasteiger partial charge in [0, 0.05) is 4.88 Å². The highest BCUT2D eigenvalue weighted by Gasteiger charge is 2.29. The van der Waals surface area contributed by atoms with Crippen LogP contribution in [-0.4, -0.2) is 5.51 Å². The SMILES string of the molecule is FC(F)(F)Sc1ccc(CCl)s1. The molecule has 68 valence electrons. The molecule has 0 fully saturated rings. The lowest BCUT2D eigenvalue weighted by Gasteiger charge is -2.01. The average molecular weight is 233 g/mol. The summed E-state index contributed by atoms with van der Waals surface area (Å²) in [6.07, 6.45) is 0. The first-order valence-corrected chi connectivity index (χ1v) is 5.08. The number of thiophene rings is 1. The molecule has 0 saturated heterocycles. The van der Waals surface area contributed by atoms with Crippen LogP contribution in [0.5, 0.6) is 0 Å². The van der Waals surface area contributed by atoms with E-state index in [0.29, 0.717) is 0 Å². The Labute approximate surface area is 80.7 Å². The first kappa shape index (κ1) is 10.2. The molecule has 6 heteroatoms. The van der Waals surface area contributed by atoms with E-state index in [1.165, 1.54) is 6.07 Å². The fraction of sp³-hybridized carbons (Fsp3) is 0.333. The molecule has 0 aliphatic carbocycles. The third kappa shape index (κ3) is 3.25. The number of hydrogen-bond acceptors (Lipinski definition) is 2. The van der Waals surface area contributed by atoms with E-state index >= 15 is 0 Å². The Morgan fingerprint density at radius 1 is 1.42 bits per heavy atom. The van der Waals surface area contributed by atoms with Crippen LogP contribution in [0.1, 0.15) is 4.88 Å². The minimum Gasteiger partial charge on any atom is -0.160 e. The number of hydrogen-bond donors (Lipinski definition) is 0. The second-order valence-corrected chi connectivity index (χ2v) is 4.70. The number of thioether (sulfide) groups is 1. The highest BCUT2D eigenvalue weighted by molar-refractivity contribution is 8.01. The maximum atomic E-state index is 11.8. The van der Waals surface area contributed by atoms with Gasteiger partial charge in [-0.05, 0) is 23.9 Å². The smallest absolute Gasteiger partial charge is 0.160 e. The van der Waals surface area contributed by atoms with Crippen molar-refractivity contribution in [1.82, 2.24) is 0 Å². The molecule has 0 amide bonds. The molecule has 0 N–H and O–H groups in total. The van der Waals surface area contributed by atoms with Gasteiger partial charge in [-0.2, -0.15) is 13.2 Å². The normalized spacial score (nSPS) is 12.0. The molecule has 12 heavy (non-hydrogen) atoms. The molecule has 0 aromatic carbocycles. The van der Waals surface area contributed by atoms with Crippen LogP contribution in [0, 0.1) is 0 Å². The molecule has 0 radical (unpaired) electrons. The number of alkyl halides is 4. The predicted molar refractivity (Wildman–Crippen MR) is 45.8 cm³/mol. The van der Waals surface area contributed by atoms with E-state index in [1.54, 1.807) is 6.07 Å². The molecule has 1 heterocycles. The zero-order valence-corrected chi connectivity index (χ0v) is 8.08. The van der Waals surface area contributed by atoms with Crippen molar-refractivity contribution in [3.05, 3.63) is 17.0 Å². The molecule has 0 bridgehead atoms. The summed E-state index contributed by atoms with van der Waals surface area (Å²) in [4.78, 5) is 0.753. The van der Waals surface area contributed by atoms with E-state index in [-0.39, 0.29) is 21.9 Å². The molecule has 0 aliphatic rings. The quantitative estimate of drug-likeness (QED) is 0.547. The molecule has 1 aromatic rings. The molecule has 0 nitrogen and oxygen atoms in total. The van der Waals surface area contributed by atoms with Gasteiger partial charge < -0.3 is 0 Å². The van der Waals surface area contributed by atoms with Gasteiger partial charge in [0.1, 0.15) is 0 Å². The van der Waals surface area contributed by atoms with Crippen LogP contribution in [0.15, 0.2) is 16.3 Å². The molecule has 1 aromatic heterocycles. The minimum absolute atomic E-state index is 0.103. The van der Waals surface area contributed by atoms with Crippen molar-refractivity contribution in [3.63, 3.8) is 0 Å². The molecular weight excluding hydrogens is 229 g/mol. The summed E-state index contributed by atoms with van der Waals surface area (Å²) in [7, 11) is 0. The van der Waals surface area contributed by atoms with Crippen molar-refractivity contribution in [2.75, 3.05) is 0 Å². The third-order valence-corrected chi connectivity index (χ3v) is 3.38. The Morgan fingerprint density at radius 3 is 2.50 bits per heavy atom. The third-order valence-electron chi connectivity index (χ3n) is 0.985. The van der Waals surface area contributed by atoms with E-state index in [2.05, 4.69) is 0 Å². The van der Waals surface area contributed by atoms with Gasteiger partial charge in [0.25, 0.3) is 0 Å². The monoisotopic (exact) mass is 232 g/mol. The van der Waals surface area contributed by atoms with E-state index in [1.807, 2.05) is 0 Å². The van der Waals surface area contributed by atoms with Crippen LogP contribution in [0.25, 0.3) is 0 Å². The lowest BCUT2D eigenvalue weighted by atomic mass is 10.5. The highest BCUT2D eigenvalue weighted by atomic mass is 35.5. The van der Waals surface area contributed by atoms with Crippen LogP contribution in [0.3, 0.4) is 0 Å².